The van der Waals surface area contributed by atoms with Crippen molar-refractivity contribution >= 4 is 46.6 Å². The van der Waals surface area contributed by atoms with Gasteiger partial charge in [0.1, 0.15) is 11.6 Å². The number of hydrogen-bond donors (Lipinski definition) is 0. The Morgan fingerprint density at radius 3 is 2.54 bits per heavy atom. The van der Waals surface area contributed by atoms with E-state index >= 15 is 0 Å². The molecule has 0 fully saturated rings. The number of anilines is 1. The zero-order chi connectivity index (χ0) is 17.7. The molecule has 0 aliphatic heterocycles. The van der Waals surface area contributed by atoms with Gasteiger partial charge in [-0.2, -0.15) is 10.0 Å². The van der Waals surface area contributed by atoms with Gasteiger partial charge in [-0.15, -0.1) is 0 Å². The summed E-state index contributed by atoms with van der Waals surface area (Å²) in [6.07, 6.45) is -0.671. The summed E-state index contributed by atoms with van der Waals surface area (Å²) in [6.45, 7) is 0.0672. The molecular weight excluding hydrogens is 379 g/mol. The average Bonchev–Trinajstić information content (AvgIpc) is 2.58. The molecule has 0 radical (unpaired) electrons. The number of carbonyl (C=O) groups is 1. The first-order chi connectivity index (χ1) is 11.5. The molecule has 0 atom stereocenters. The van der Waals surface area contributed by atoms with Crippen molar-refractivity contribution in [1.82, 2.24) is 4.98 Å². The standard InChI is InChI=1S/C15H13Cl3N2O4/c1-22-15(21)20(23-2)12-6-4-3-5-9(12)8-24-14-11(17)7-10(16)13(18)19-14/h3-7H,8H2,1-2H3. The molecule has 0 saturated heterocycles. The van der Waals surface area contributed by atoms with E-state index in [0.717, 1.165) is 5.06 Å². The third-order valence-corrected chi connectivity index (χ3v) is 3.90. The number of rotatable bonds is 5. The third-order valence-electron chi connectivity index (χ3n) is 2.95. The summed E-state index contributed by atoms with van der Waals surface area (Å²) < 4.78 is 10.3. The van der Waals surface area contributed by atoms with Crippen LogP contribution < -0.4 is 9.80 Å². The van der Waals surface area contributed by atoms with E-state index in [-0.39, 0.29) is 27.7 Å². The van der Waals surface area contributed by atoms with Crippen LogP contribution in [0.3, 0.4) is 0 Å². The van der Waals surface area contributed by atoms with Crippen molar-refractivity contribution in [2.45, 2.75) is 6.61 Å². The zero-order valence-corrected chi connectivity index (χ0v) is 15.0. The van der Waals surface area contributed by atoms with Gasteiger partial charge in [0.2, 0.25) is 5.88 Å². The fraction of sp³-hybridized carbons (Fsp3) is 0.200. The van der Waals surface area contributed by atoms with Crippen LogP contribution in [0, 0.1) is 0 Å². The number of amides is 1. The van der Waals surface area contributed by atoms with Gasteiger partial charge in [0.05, 0.1) is 24.9 Å². The number of para-hydroxylation sites is 1. The van der Waals surface area contributed by atoms with E-state index in [2.05, 4.69) is 9.72 Å². The molecular formula is C15H13Cl3N2O4. The summed E-state index contributed by atoms with van der Waals surface area (Å²) in [4.78, 5) is 20.8. The lowest BCUT2D eigenvalue weighted by molar-refractivity contribution is 0.115. The SMILES string of the molecule is COC(=O)N(OC)c1ccccc1COc1nc(Cl)c(Cl)cc1Cl. The van der Waals surface area contributed by atoms with Gasteiger partial charge in [0.15, 0.2) is 5.15 Å². The van der Waals surface area contributed by atoms with Gasteiger partial charge in [-0.05, 0) is 12.1 Å². The Hall–Kier alpha value is -1.73. The Bertz CT molecular complexity index is 743. The van der Waals surface area contributed by atoms with Crippen LogP contribution in [0.4, 0.5) is 10.5 Å². The number of pyridine rings is 1. The Labute approximate surface area is 153 Å². The number of hydroxylamine groups is 1. The molecule has 6 nitrogen and oxygen atoms in total. The van der Waals surface area contributed by atoms with Crippen LogP contribution in [0.1, 0.15) is 5.56 Å². The summed E-state index contributed by atoms with van der Waals surface area (Å²) >= 11 is 17.7. The molecule has 0 N–H and O–H groups in total. The van der Waals surface area contributed by atoms with Gasteiger partial charge in [0.25, 0.3) is 0 Å². The van der Waals surface area contributed by atoms with Gasteiger partial charge >= 0.3 is 6.09 Å². The first-order valence-corrected chi connectivity index (χ1v) is 7.75. The van der Waals surface area contributed by atoms with Crippen molar-refractivity contribution in [2.75, 3.05) is 19.3 Å². The first kappa shape index (κ1) is 18.6. The molecule has 128 valence electrons. The van der Waals surface area contributed by atoms with E-state index < -0.39 is 6.09 Å². The van der Waals surface area contributed by atoms with Crippen molar-refractivity contribution in [3.05, 3.63) is 51.1 Å². The highest BCUT2D eigenvalue weighted by atomic mass is 35.5. The van der Waals surface area contributed by atoms with Crippen LogP contribution >= 0.6 is 34.8 Å². The molecule has 0 bridgehead atoms. The Kier molecular flexibility index (Phi) is 6.51. The predicted octanol–water partition coefficient (Wildman–Crippen LogP) is 4.76. The predicted molar refractivity (Wildman–Crippen MR) is 91.9 cm³/mol. The van der Waals surface area contributed by atoms with Crippen molar-refractivity contribution in [3.8, 4) is 5.88 Å². The molecule has 1 heterocycles. The Balaban J connectivity index is 2.25. The molecule has 0 unspecified atom stereocenters. The van der Waals surface area contributed by atoms with E-state index in [1.165, 1.54) is 20.3 Å². The molecule has 0 aliphatic rings. The second-order valence-electron chi connectivity index (χ2n) is 4.41. The second-order valence-corrected chi connectivity index (χ2v) is 5.58. The van der Waals surface area contributed by atoms with E-state index in [1.54, 1.807) is 24.3 Å². The third kappa shape index (κ3) is 4.21. The number of ether oxygens (including phenoxy) is 2. The van der Waals surface area contributed by atoms with Gasteiger partial charge in [0, 0.05) is 5.56 Å². The highest BCUT2D eigenvalue weighted by Gasteiger charge is 2.20. The maximum absolute atomic E-state index is 11.8. The molecule has 1 aromatic carbocycles. The summed E-state index contributed by atoms with van der Waals surface area (Å²) in [7, 11) is 2.61. The van der Waals surface area contributed by atoms with Crippen LogP contribution in [0.25, 0.3) is 0 Å². The molecule has 0 aliphatic carbocycles. The quantitative estimate of drug-likeness (QED) is 0.543. The molecule has 2 aromatic rings. The number of nitrogens with zero attached hydrogens (tertiary/aromatic N) is 2. The molecule has 0 saturated carbocycles. The van der Waals surface area contributed by atoms with Gasteiger partial charge in [-0.3, -0.25) is 4.84 Å². The van der Waals surface area contributed by atoms with Gasteiger partial charge in [-0.25, -0.2) is 4.79 Å². The Morgan fingerprint density at radius 2 is 1.88 bits per heavy atom. The zero-order valence-electron chi connectivity index (χ0n) is 12.8. The molecule has 0 spiro atoms. The van der Waals surface area contributed by atoms with Crippen molar-refractivity contribution in [2.24, 2.45) is 0 Å². The van der Waals surface area contributed by atoms with Crippen molar-refractivity contribution in [3.63, 3.8) is 0 Å². The molecule has 1 amide bonds. The van der Waals surface area contributed by atoms with Gasteiger partial charge < -0.3 is 9.47 Å². The summed E-state index contributed by atoms with van der Waals surface area (Å²) in [5.41, 5.74) is 1.11. The minimum Gasteiger partial charge on any atom is -0.472 e. The Morgan fingerprint density at radius 1 is 1.17 bits per heavy atom. The smallest absolute Gasteiger partial charge is 0.438 e. The van der Waals surface area contributed by atoms with Crippen molar-refractivity contribution in [1.29, 1.82) is 0 Å². The van der Waals surface area contributed by atoms with E-state index in [4.69, 9.17) is 44.4 Å². The van der Waals surface area contributed by atoms with Crippen molar-refractivity contribution < 1.29 is 19.1 Å². The largest absolute Gasteiger partial charge is 0.472 e. The minimum atomic E-state index is -0.671. The maximum atomic E-state index is 11.8. The lowest BCUT2D eigenvalue weighted by Gasteiger charge is -2.21. The second kappa shape index (κ2) is 8.39. The lowest BCUT2D eigenvalue weighted by Crippen LogP contribution is -2.30. The van der Waals surface area contributed by atoms with Crippen LogP contribution in [0.5, 0.6) is 5.88 Å². The molecule has 9 heteroatoms. The number of carbonyl (C=O) groups excluding carboxylic acids is 1. The van der Waals surface area contributed by atoms with Crippen LogP contribution in [-0.4, -0.2) is 25.3 Å². The molecule has 2 rings (SSSR count). The fourth-order valence-electron chi connectivity index (χ4n) is 1.86. The van der Waals surface area contributed by atoms with E-state index in [0.29, 0.717) is 11.3 Å². The number of benzene rings is 1. The number of aromatic nitrogens is 1. The highest BCUT2D eigenvalue weighted by molar-refractivity contribution is 6.42. The lowest BCUT2D eigenvalue weighted by atomic mass is 10.2. The molecule has 24 heavy (non-hydrogen) atoms. The van der Waals surface area contributed by atoms with Crippen LogP contribution in [-0.2, 0) is 16.2 Å². The summed E-state index contributed by atoms with van der Waals surface area (Å²) in [6, 6.07) is 8.42. The average molecular weight is 392 g/mol. The van der Waals surface area contributed by atoms with E-state index in [9.17, 15) is 4.79 Å². The topological polar surface area (TPSA) is 60.9 Å². The minimum absolute atomic E-state index is 0.0672. The van der Waals surface area contributed by atoms with Crippen LogP contribution in [0.15, 0.2) is 30.3 Å². The summed E-state index contributed by atoms with van der Waals surface area (Å²) in [5.74, 6) is 0.128. The highest BCUT2D eigenvalue weighted by Crippen LogP contribution is 2.31. The fourth-order valence-corrected chi connectivity index (χ4v) is 2.41. The normalized spacial score (nSPS) is 10.4. The van der Waals surface area contributed by atoms with E-state index in [1.807, 2.05) is 0 Å². The monoisotopic (exact) mass is 390 g/mol. The maximum Gasteiger partial charge on any atom is 0.438 e. The first-order valence-electron chi connectivity index (χ1n) is 6.62. The number of hydrogen-bond acceptors (Lipinski definition) is 5. The number of methoxy groups -OCH3 is 1. The van der Waals surface area contributed by atoms with Gasteiger partial charge in [-0.1, -0.05) is 53.0 Å². The summed E-state index contributed by atoms with van der Waals surface area (Å²) in [5, 5.41) is 1.53. The molecule has 1 aromatic heterocycles. The number of halogens is 3. The van der Waals surface area contributed by atoms with Crippen LogP contribution in [0.2, 0.25) is 15.2 Å².